The number of H-pyrrole nitrogens is 1. The van der Waals surface area contributed by atoms with E-state index in [9.17, 15) is 0 Å². The molecular weight excluding hydrogens is 276 g/mol. The minimum absolute atomic E-state index is 0.952. The van der Waals surface area contributed by atoms with Gasteiger partial charge in [-0.15, -0.1) is 5.10 Å². The smallest absolute Gasteiger partial charge is 0.151 e. The zero-order valence-corrected chi connectivity index (χ0v) is 12.3. The number of fused-ring (bicyclic) bond motifs is 1. The number of piperazine rings is 1. The maximum Gasteiger partial charge on any atom is 0.151 e. The second-order valence-electron chi connectivity index (χ2n) is 5.60. The van der Waals surface area contributed by atoms with Crippen molar-refractivity contribution in [1.29, 1.82) is 0 Å². The summed E-state index contributed by atoms with van der Waals surface area (Å²) in [4.78, 5) is 4.77. The first-order valence-corrected chi connectivity index (χ1v) is 7.56. The SMILES string of the molecule is c1cnnc(N2CCN(Cc3cccc4cn[nH]c34)CC2)c1. The van der Waals surface area contributed by atoms with Crippen LogP contribution in [0.2, 0.25) is 0 Å². The lowest BCUT2D eigenvalue weighted by Gasteiger charge is -2.35. The molecule has 22 heavy (non-hydrogen) atoms. The topological polar surface area (TPSA) is 60.9 Å². The summed E-state index contributed by atoms with van der Waals surface area (Å²) < 4.78 is 0. The van der Waals surface area contributed by atoms with Gasteiger partial charge in [-0.3, -0.25) is 10.00 Å². The molecule has 0 amide bonds. The Bertz CT molecular complexity index is 745. The van der Waals surface area contributed by atoms with Crippen molar-refractivity contribution in [3.05, 3.63) is 48.3 Å². The largest absolute Gasteiger partial charge is 0.353 e. The highest BCUT2D eigenvalue weighted by Crippen LogP contribution is 2.19. The van der Waals surface area contributed by atoms with Crippen LogP contribution in [0.25, 0.3) is 10.9 Å². The van der Waals surface area contributed by atoms with Gasteiger partial charge in [0, 0.05) is 44.3 Å². The molecule has 112 valence electrons. The van der Waals surface area contributed by atoms with Gasteiger partial charge in [0.2, 0.25) is 0 Å². The van der Waals surface area contributed by atoms with Gasteiger partial charge < -0.3 is 4.90 Å². The highest BCUT2D eigenvalue weighted by atomic mass is 15.3. The Kier molecular flexibility index (Phi) is 3.44. The summed E-state index contributed by atoms with van der Waals surface area (Å²) in [6.45, 7) is 4.98. The van der Waals surface area contributed by atoms with Crippen molar-refractivity contribution >= 4 is 16.7 Å². The number of hydrogen-bond acceptors (Lipinski definition) is 5. The molecule has 1 aliphatic rings. The van der Waals surface area contributed by atoms with Gasteiger partial charge in [0.15, 0.2) is 5.82 Å². The second-order valence-corrected chi connectivity index (χ2v) is 5.60. The van der Waals surface area contributed by atoms with Gasteiger partial charge in [0.05, 0.1) is 11.7 Å². The lowest BCUT2D eigenvalue weighted by molar-refractivity contribution is 0.250. The summed E-state index contributed by atoms with van der Waals surface area (Å²) in [5.74, 6) is 0.970. The zero-order chi connectivity index (χ0) is 14.8. The van der Waals surface area contributed by atoms with Crippen molar-refractivity contribution in [2.75, 3.05) is 31.1 Å². The quantitative estimate of drug-likeness (QED) is 0.796. The minimum Gasteiger partial charge on any atom is -0.353 e. The Balaban J connectivity index is 1.43. The van der Waals surface area contributed by atoms with E-state index in [1.54, 1.807) is 6.20 Å². The first kappa shape index (κ1) is 13.2. The molecule has 0 saturated carbocycles. The number of anilines is 1. The fourth-order valence-electron chi connectivity index (χ4n) is 3.00. The monoisotopic (exact) mass is 294 g/mol. The molecule has 3 heterocycles. The molecule has 0 unspecified atom stereocenters. The van der Waals surface area contributed by atoms with E-state index in [-0.39, 0.29) is 0 Å². The van der Waals surface area contributed by atoms with Crippen molar-refractivity contribution in [1.82, 2.24) is 25.3 Å². The lowest BCUT2D eigenvalue weighted by Crippen LogP contribution is -2.46. The number of hydrogen-bond donors (Lipinski definition) is 1. The van der Waals surface area contributed by atoms with E-state index >= 15 is 0 Å². The maximum atomic E-state index is 4.19. The van der Waals surface area contributed by atoms with E-state index in [2.05, 4.69) is 48.4 Å². The van der Waals surface area contributed by atoms with Crippen LogP contribution in [0.1, 0.15) is 5.56 Å². The molecule has 3 aromatic rings. The van der Waals surface area contributed by atoms with Gasteiger partial charge in [-0.05, 0) is 17.7 Å². The number of rotatable bonds is 3. The standard InChI is InChI=1S/C16H18N6/c1-3-13-11-18-20-16(13)14(4-1)12-21-7-9-22(10-8-21)15-5-2-6-17-19-15/h1-6,11H,7-10,12H2,(H,18,20). The van der Waals surface area contributed by atoms with Gasteiger partial charge >= 0.3 is 0 Å². The molecule has 1 N–H and O–H groups in total. The van der Waals surface area contributed by atoms with E-state index in [0.717, 1.165) is 44.1 Å². The number of benzene rings is 1. The predicted octanol–water partition coefficient (Wildman–Crippen LogP) is 1.68. The molecule has 0 spiro atoms. The predicted molar refractivity (Wildman–Crippen MR) is 85.6 cm³/mol. The highest BCUT2D eigenvalue weighted by Gasteiger charge is 2.18. The number of aromatic amines is 1. The van der Waals surface area contributed by atoms with Crippen molar-refractivity contribution in [2.45, 2.75) is 6.54 Å². The van der Waals surface area contributed by atoms with E-state index < -0.39 is 0 Å². The Hall–Kier alpha value is -2.47. The fourth-order valence-corrected chi connectivity index (χ4v) is 3.00. The Labute approximate surface area is 128 Å². The van der Waals surface area contributed by atoms with Crippen LogP contribution in [0, 0.1) is 0 Å². The molecular formula is C16H18N6. The third kappa shape index (κ3) is 2.53. The maximum absolute atomic E-state index is 4.19. The Morgan fingerprint density at radius 2 is 1.95 bits per heavy atom. The van der Waals surface area contributed by atoms with Crippen LogP contribution < -0.4 is 4.90 Å². The van der Waals surface area contributed by atoms with E-state index in [4.69, 9.17) is 0 Å². The molecule has 1 aliphatic heterocycles. The minimum atomic E-state index is 0.952. The van der Waals surface area contributed by atoms with Crippen molar-refractivity contribution in [2.24, 2.45) is 0 Å². The molecule has 0 aliphatic carbocycles. The summed E-state index contributed by atoms with van der Waals surface area (Å²) in [5, 5.41) is 16.6. The normalized spacial score (nSPS) is 16.3. The van der Waals surface area contributed by atoms with Crippen LogP contribution in [-0.4, -0.2) is 51.5 Å². The van der Waals surface area contributed by atoms with Crippen LogP contribution in [0.5, 0.6) is 0 Å². The Morgan fingerprint density at radius 3 is 2.77 bits per heavy atom. The fraction of sp³-hybridized carbons (Fsp3) is 0.312. The van der Waals surface area contributed by atoms with Crippen LogP contribution in [0.3, 0.4) is 0 Å². The molecule has 6 heteroatoms. The van der Waals surface area contributed by atoms with Crippen molar-refractivity contribution in [3.63, 3.8) is 0 Å². The molecule has 1 fully saturated rings. The van der Waals surface area contributed by atoms with Gasteiger partial charge in [-0.2, -0.15) is 10.2 Å². The van der Waals surface area contributed by atoms with Gasteiger partial charge in [0.1, 0.15) is 0 Å². The molecule has 4 rings (SSSR count). The number of nitrogens with zero attached hydrogens (tertiary/aromatic N) is 5. The van der Waals surface area contributed by atoms with Gasteiger partial charge in [-0.25, -0.2) is 0 Å². The summed E-state index contributed by atoms with van der Waals surface area (Å²) in [6.07, 6.45) is 3.59. The molecule has 0 bridgehead atoms. The van der Waals surface area contributed by atoms with E-state index in [1.165, 1.54) is 10.9 Å². The summed E-state index contributed by atoms with van der Waals surface area (Å²) in [6, 6.07) is 10.3. The second kappa shape index (κ2) is 5.73. The molecule has 1 saturated heterocycles. The summed E-state index contributed by atoms with van der Waals surface area (Å²) in [7, 11) is 0. The van der Waals surface area contributed by atoms with Crippen LogP contribution in [0.15, 0.2) is 42.7 Å². The van der Waals surface area contributed by atoms with Gasteiger partial charge in [0.25, 0.3) is 0 Å². The number of aromatic nitrogens is 4. The van der Waals surface area contributed by atoms with Crippen LogP contribution in [-0.2, 0) is 6.54 Å². The van der Waals surface area contributed by atoms with Crippen LogP contribution in [0.4, 0.5) is 5.82 Å². The van der Waals surface area contributed by atoms with E-state index in [0.29, 0.717) is 0 Å². The summed E-state index contributed by atoms with van der Waals surface area (Å²) >= 11 is 0. The highest BCUT2D eigenvalue weighted by molar-refractivity contribution is 5.81. The Morgan fingerprint density at radius 1 is 1.05 bits per heavy atom. The molecule has 1 aromatic carbocycles. The van der Waals surface area contributed by atoms with Crippen molar-refractivity contribution in [3.8, 4) is 0 Å². The average Bonchev–Trinajstić information content (AvgIpc) is 3.06. The zero-order valence-electron chi connectivity index (χ0n) is 12.3. The average molecular weight is 294 g/mol. The third-order valence-corrected chi connectivity index (χ3v) is 4.21. The summed E-state index contributed by atoms with van der Waals surface area (Å²) in [5.41, 5.74) is 2.46. The number of nitrogens with one attached hydrogen (secondary N) is 1. The lowest BCUT2D eigenvalue weighted by atomic mass is 10.1. The molecule has 0 atom stereocenters. The van der Waals surface area contributed by atoms with E-state index in [1.807, 2.05) is 18.3 Å². The molecule has 6 nitrogen and oxygen atoms in total. The van der Waals surface area contributed by atoms with Crippen LogP contribution >= 0.6 is 0 Å². The first-order valence-electron chi connectivity index (χ1n) is 7.56. The molecule has 2 aromatic heterocycles. The first-order chi connectivity index (χ1) is 10.9. The van der Waals surface area contributed by atoms with Crippen molar-refractivity contribution < 1.29 is 0 Å². The van der Waals surface area contributed by atoms with Gasteiger partial charge in [-0.1, -0.05) is 18.2 Å². The molecule has 0 radical (unpaired) electrons. The number of para-hydroxylation sites is 1. The third-order valence-electron chi connectivity index (χ3n) is 4.21.